The van der Waals surface area contributed by atoms with E-state index in [2.05, 4.69) is 5.32 Å². The van der Waals surface area contributed by atoms with E-state index in [0.29, 0.717) is 36.3 Å². The van der Waals surface area contributed by atoms with Crippen LogP contribution in [0.1, 0.15) is 31.4 Å². The summed E-state index contributed by atoms with van der Waals surface area (Å²) in [5, 5.41) is 2.68. The van der Waals surface area contributed by atoms with E-state index < -0.39 is 33.4 Å². The molecule has 2 aliphatic rings. The molecule has 4 rings (SSSR count). The minimum Gasteiger partial charge on any atom is -0.345 e. The summed E-state index contributed by atoms with van der Waals surface area (Å²) >= 11 is 0. The molecule has 1 fully saturated rings. The largest absolute Gasteiger partial charge is 0.345 e. The Hall–Kier alpha value is -2.74. The Morgan fingerprint density at radius 3 is 2.50 bits per heavy atom. The van der Waals surface area contributed by atoms with Gasteiger partial charge in [-0.15, -0.1) is 0 Å². The third-order valence-corrected chi connectivity index (χ3v) is 6.94. The Balaban J connectivity index is 1.73. The van der Waals surface area contributed by atoms with Gasteiger partial charge in [0.25, 0.3) is 5.91 Å². The molecule has 2 heterocycles. The van der Waals surface area contributed by atoms with Crippen LogP contribution in [0.2, 0.25) is 0 Å². The number of rotatable bonds is 3. The average Bonchev–Trinajstić information content (AvgIpc) is 3.11. The maximum Gasteiger partial charge on any atom is 0.265 e. The number of nitrogens with zero attached hydrogens (tertiary/aromatic N) is 1. The van der Waals surface area contributed by atoms with Crippen LogP contribution in [0.5, 0.6) is 0 Å². The highest BCUT2D eigenvalue weighted by atomic mass is 32.2. The topological polar surface area (TPSA) is 66.5 Å². The number of hydrogen-bond donors (Lipinski definition) is 1. The van der Waals surface area contributed by atoms with Crippen molar-refractivity contribution in [3.05, 3.63) is 70.3 Å². The second kappa shape index (κ2) is 6.70. The summed E-state index contributed by atoms with van der Waals surface area (Å²) in [4.78, 5) is 14.2. The molecule has 146 valence electrons. The molecule has 1 N–H and O–H groups in total. The van der Waals surface area contributed by atoms with Crippen LogP contribution in [-0.2, 0) is 14.6 Å². The summed E-state index contributed by atoms with van der Waals surface area (Å²) in [6, 6.07) is 8.68. The fourth-order valence-corrected chi connectivity index (χ4v) is 5.48. The normalized spacial score (nSPS) is 18.5. The average molecular weight is 404 g/mol. The van der Waals surface area contributed by atoms with E-state index in [4.69, 9.17) is 0 Å². The number of fused-ring (bicyclic) bond motifs is 3. The molecule has 0 saturated carbocycles. The van der Waals surface area contributed by atoms with E-state index in [9.17, 15) is 22.0 Å². The Kier molecular flexibility index (Phi) is 4.45. The van der Waals surface area contributed by atoms with Crippen molar-refractivity contribution in [2.45, 2.75) is 30.7 Å². The molecule has 0 unspecified atom stereocenters. The van der Waals surface area contributed by atoms with Crippen molar-refractivity contribution < 1.29 is 22.0 Å². The summed E-state index contributed by atoms with van der Waals surface area (Å²) < 4.78 is 53.1. The molecule has 2 aromatic carbocycles. The van der Waals surface area contributed by atoms with Crippen LogP contribution in [0.25, 0.3) is 0 Å². The zero-order valence-corrected chi connectivity index (χ0v) is 15.9. The molecule has 2 aliphatic heterocycles. The van der Waals surface area contributed by atoms with Crippen LogP contribution in [0.15, 0.2) is 58.0 Å². The van der Waals surface area contributed by atoms with E-state index >= 15 is 0 Å². The molecule has 0 aromatic heterocycles. The molecule has 0 spiro atoms. The first-order valence-corrected chi connectivity index (χ1v) is 10.4. The highest BCUT2D eigenvalue weighted by molar-refractivity contribution is 7.96. The standard InChI is InChI=1S/C20H18F2N2O3S/c1-12(13-4-6-14(21)7-5-13)23-20(25)19-17-3-2-10-24(17)16-9-8-15(22)11-18(16)28(19,26)27/h4-9,11-12H,2-3,10H2,1H3,(H,23,25)/t12-/m1/s1. The second-order valence-corrected chi connectivity index (χ2v) is 8.75. The van der Waals surface area contributed by atoms with Crippen LogP contribution in [0, 0.1) is 11.6 Å². The number of sulfone groups is 1. The predicted octanol–water partition coefficient (Wildman–Crippen LogP) is 3.44. The van der Waals surface area contributed by atoms with Gasteiger partial charge in [0.15, 0.2) is 4.91 Å². The lowest BCUT2D eigenvalue weighted by Gasteiger charge is -2.30. The summed E-state index contributed by atoms with van der Waals surface area (Å²) in [5.41, 5.74) is 1.48. The smallest absolute Gasteiger partial charge is 0.265 e. The van der Waals surface area contributed by atoms with Crippen LogP contribution in [-0.4, -0.2) is 20.9 Å². The number of halogens is 2. The number of carbonyl (C=O) groups is 1. The highest BCUT2D eigenvalue weighted by Gasteiger charge is 2.42. The van der Waals surface area contributed by atoms with E-state index in [-0.39, 0.29) is 9.80 Å². The van der Waals surface area contributed by atoms with Gasteiger partial charge in [-0.3, -0.25) is 4.79 Å². The van der Waals surface area contributed by atoms with Crippen LogP contribution >= 0.6 is 0 Å². The van der Waals surface area contributed by atoms with Gasteiger partial charge >= 0.3 is 0 Å². The van der Waals surface area contributed by atoms with Gasteiger partial charge in [0, 0.05) is 12.2 Å². The van der Waals surface area contributed by atoms with Gasteiger partial charge in [-0.05, 0) is 55.7 Å². The van der Waals surface area contributed by atoms with E-state index in [0.717, 1.165) is 6.07 Å². The number of amides is 1. The van der Waals surface area contributed by atoms with Gasteiger partial charge < -0.3 is 10.2 Å². The van der Waals surface area contributed by atoms with E-state index in [1.54, 1.807) is 11.8 Å². The minimum absolute atomic E-state index is 0.197. The van der Waals surface area contributed by atoms with Crippen molar-refractivity contribution in [1.82, 2.24) is 5.32 Å². The molecule has 0 bridgehead atoms. The van der Waals surface area contributed by atoms with Gasteiger partial charge in [0.2, 0.25) is 9.84 Å². The lowest BCUT2D eigenvalue weighted by molar-refractivity contribution is -0.117. The molecule has 2 aromatic rings. The first-order chi connectivity index (χ1) is 13.3. The van der Waals surface area contributed by atoms with Crippen LogP contribution in [0.4, 0.5) is 14.5 Å². The number of benzene rings is 2. The monoisotopic (exact) mass is 404 g/mol. The lowest BCUT2D eigenvalue weighted by atomic mass is 10.1. The molecule has 0 radical (unpaired) electrons. The van der Waals surface area contributed by atoms with Gasteiger partial charge in [-0.1, -0.05) is 12.1 Å². The Bertz CT molecular complexity index is 1090. The molecule has 1 amide bonds. The zero-order chi connectivity index (χ0) is 20.1. The van der Waals surface area contributed by atoms with Crippen molar-refractivity contribution >= 4 is 21.4 Å². The Labute approximate surface area is 161 Å². The number of nitrogens with one attached hydrogen (secondary N) is 1. The van der Waals surface area contributed by atoms with Crippen LogP contribution < -0.4 is 10.2 Å². The molecular weight excluding hydrogens is 386 g/mol. The summed E-state index contributed by atoms with van der Waals surface area (Å²) in [6.45, 7) is 2.25. The van der Waals surface area contributed by atoms with Gasteiger partial charge in [-0.25, -0.2) is 17.2 Å². The molecule has 0 aliphatic carbocycles. The lowest BCUT2D eigenvalue weighted by Crippen LogP contribution is -2.36. The maximum atomic E-state index is 13.7. The molecule has 8 heteroatoms. The SMILES string of the molecule is C[C@@H](NC(=O)C1=C2CCCN2c2ccc(F)cc2S1(=O)=O)c1ccc(F)cc1. The third kappa shape index (κ3) is 2.97. The zero-order valence-electron chi connectivity index (χ0n) is 15.1. The van der Waals surface area contributed by atoms with Crippen molar-refractivity contribution in [2.75, 3.05) is 11.4 Å². The minimum atomic E-state index is -4.17. The second-order valence-electron chi connectivity index (χ2n) is 6.89. The van der Waals surface area contributed by atoms with Gasteiger partial charge in [0.1, 0.15) is 11.6 Å². The molecular formula is C20H18F2N2O3S. The molecule has 5 nitrogen and oxygen atoms in total. The van der Waals surface area contributed by atoms with Crippen molar-refractivity contribution in [1.29, 1.82) is 0 Å². The fourth-order valence-electron chi connectivity index (χ4n) is 3.72. The maximum absolute atomic E-state index is 13.7. The third-order valence-electron chi connectivity index (χ3n) is 5.08. The van der Waals surface area contributed by atoms with Crippen LogP contribution in [0.3, 0.4) is 0 Å². The summed E-state index contributed by atoms with van der Waals surface area (Å²) in [6.07, 6.45) is 1.15. The first-order valence-electron chi connectivity index (χ1n) is 8.90. The summed E-state index contributed by atoms with van der Waals surface area (Å²) in [7, 11) is -4.17. The number of carbonyl (C=O) groups excluding carboxylic acids is 1. The van der Waals surface area contributed by atoms with Crippen molar-refractivity contribution in [3.8, 4) is 0 Å². The number of allylic oxidation sites excluding steroid dienone is 1. The van der Waals surface area contributed by atoms with E-state index in [1.807, 2.05) is 0 Å². The number of anilines is 1. The predicted molar refractivity (Wildman–Crippen MR) is 100 cm³/mol. The summed E-state index contributed by atoms with van der Waals surface area (Å²) in [5.74, 6) is -1.82. The van der Waals surface area contributed by atoms with E-state index in [1.165, 1.54) is 36.4 Å². The first kappa shape index (κ1) is 18.6. The molecule has 28 heavy (non-hydrogen) atoms. The van der Waals surface area contributed by atoms with Crippen molar-refractivity contribution in [2.24, 2.45) is 0 Å². The van der Waals surface area contributed by atoms with Gasteiger partial charge in [-0.2, -0.15) is 0 Å². The molecule has 1 saturated heterocycles. The Morgan fingerprint density at radius 1 is 1.11 bits per heavy atom. The number of hydrogen-bond acceptors (Lipinski definition) is 4. The molecule has 1 atom stereocenters. The fraction of sp³-hybridized carbons (Fsp3) is 0.250. The van der Waals surface area contributed by atoms with Crippen molar-refractivity contribution in [3.63, 3.8) is 0 Å². The van der Waals surface area contributed by atoms with Gasteiger partial charge in [0.05, 0.1) is 16.6 Å². The highest BCUT2D eigenvalue weighted by Crippen LogP contribution is 2.43. The quantitative estimate of drug-likeness (QED) is 0.851. The Morgan fingerprint density at radius 2 is 1.79 bits per heavy atom.